The maximum absolute atomic E-state index is 12.3. The molecule has 31 heteroatoms. The quantitative estimate of drug-likeness (QED) is 0.0147. The number of carboxylic acid groups (broad SMARTS) is 8. The Bertz CT molecular complexity index is 3380. The van der Waals surface area contributed by atoms with Gasteiger partial charge in [-0.3, -0.25) is 37.9 Å². The van der Waals surface area contributed by atoms with Crippen LogP contribution in [0.2, 0.25) is 5.02 Å². The lowest BCUT2D eigenvalue weighted by Gasteiger charge is -2.59. The zero-order valence-electron chi connectivity index (χ0n) is 40.8. The monoisotopic (exact) mass is 1180 g/mol. The van der Waals surface area contributed by atoms with Gasteiger partial charge in [0, 0.05) is 43.3 Å². The van der Waals surface area contributed by atoms with Crippen molar-refractivity contribution in [3.63, 3.8) is 0 Å². The van der Waals surface area contributed by atoms with Gasteiger partial charge in [0.1, 0.15) is 22.9 Å². The van der Waals surface area contributed by atoms with Crippen molar-refractivity contribution < 1.29 is 120 Å². The number of thioether (sulfide) groups is 1. The van der Waals surface area contributed by atoms with E-state index in [1.54, 1.807) is 23.9 Å². The summed E-state index contributed by atoms with van der Waals surface area (Å²) in [5, 5.41) is 97.2. The first-order valence-corrected chi connectivity index (χ1v) is 25.5. The van der Waals surface area contributed by atoms with E-state index in [4.69, 9.17) is 66.7 Å². The number of halogens is 2. The van der Waals surface area contributed by atoms with Crippen molar-refractivity contribution in [2.45, 2.75) is 60.0 Å². The number of nitrogens with zero attached hydrogens (tertiary/aromatic N) is 2. The third kappa shape index (κ3) is 17.2. The Hall–Kier alpha value is -8.55. The van der Waals surface area contributed by atoms with E-state index in [-0.39, 0.29) is 38.2 Å². The molecule has 0 saturated heterocycles. The summed E-state index contributed by atoms with van der Waals surface area (Å²) in [5.74, 6) is -12.8. The molecule has 5 aromatic carbocycles. The van der Waals surface area contributed by atoms with Crippen molar-refractivity contribution in [2.75, 3.05) is 0 Å². The van der Waals surface area contributed by atoms with Gasteiger partial charge in [0.15, 0.2) is 10.8 Å². The highest BCUT2D eigenvalue weighted by atomic mass is 35.5. The number of aliphatic carboxylic acids is 7. The molecule has 12 N–H and O–H groups in total. The minimum atomic E-state index is -4.43. The van der Waals surface area contributed by atoms with Gasteiger partial charge in [0.05, 0.1) is 34.0 Å². The SMILES string of the molecule is C=C(CC(=O)O)C(=O)O.CC(CC(=O)O)Sc1ccc(Cl)cc1.CC1(C)C(C(=O)O)(C(=O)O)CC1(C(=O)O)C(=O)O.O=C(O)c1cc(F)ccc1O.O=S(=O)(O)c1ccc(N=Nc2ccc(O)c3cc(S(=O)(=O)O)ccc23)cc1. The van der Waals surface area contributed by atoms with E-state index in [1.165, 1.54) is 30.3 Å². The number of hydrogen-bond donors (Lipinski definition) is 12. The standard InChI is InChI=1S/C16H12N2O7S2.C10H11ClO2S.C10H12O8.C7H5FO3.C5H6O4/c19-16-8-7-15(13-6-5-12(9-14(13)16)27(23,24)25)18-17-10-1-3-11(4-2-10)26(20,21)22;1-7(6-10(12)13)14-9-4-2-8(11)3-5-9;1-8(2)9(4(11)12,5(13)14)3-10(8,6(15)16)7(17)18;8-4-1-2-6(9)5(3-4)7(10)11;1-3(5(8)9)2-4(6)7/h1-9,19H,(H,20,21,22)(H,23,24,25);2-5,7H,6H2,1H3,(H,12,13);3H2,1-2H3,(H,11,12)(H,13,14)(H,15,16)(H,17,18);1-3,9H,(H,10,11);1-2H2,(H,6,7)(H,8,9). The average molecular weight is 1190 g/mol. The van der Waals surface area contributed by atoms with Crippen molar-refractivity contribution in [1.82, 2.24) is 0 Å². The molecule has 79 heavy (non-hydrogen) atoms. The normalized spacial score (nSPS) is 14.0. The van der Waals surface area contributed by atoms with Gasteiger partial charge in [-0.2, -0.15) is 21.9 Å². The molecule has 0 radical (unpaired) electrons. The van der Waals surface area contributed by atoms with Gasteiger partial charge < -0.3 is 51.1 Å². The lowest BCUT2D eigenvalue weighted by Crippen LogP contribution is -2.74. The van der Waals surface area contributed by atoms with Crippen molar-refractivity contribution in [2.24, 2.45) is 26.5 Å². The van der Waals surface area contributed by atoms with Gasteiger partial charge in [-0.15, -0.1) is 16.9 Å². The van der Waals surface area contributed by atoms with E-state index in [1.807, 2.05) is 19.1 Å². The zero-order valence-corrected chi connectivity index (χ0v) is 44.0. The molecule has 0 aromatic heterocycles. The number of azo groups is 1. The molecule has 1 atom stereocenters. The van der Waals surface area contributed by atoms with E-state index in [2.05, 4.69) is 16.8 Å². The Morgan fingerprint density at radius 2 is 1.13 bits per heavy atom. The van der Waals surface area contributed by atoms with Crippen LogP contribution in [0.15, 0.2) is 134 Å². The summed E-state index contributed by atoms with van der Waals surface area (Å²) in [7, 11) is -8.74. The van der Waals surface area contributed by atoms with Crippen LogP contribution in [0.4, 0.5) is 15.8 Å². The first kappa shape index (κ1) is 66.6. The van der Waals surface area contributed by atoms with E-state index in [0.717, 1.165) is 61.2 Å². The van der Waals surface area contributed by atoms with E-state index >= 15 is 0 Å². The molecule has 1 saturated carbocycles. The summed E-state index contributed by atoms with van der Waals surface area (Å²) in [6.07, 6.45) is -1.31. The minimum Gasteiger partial charge on any atom is -0.507 e. The molecular formula is C48H46ClFN2O24S3. The summed E-state index contributed by atoms with van der Waals surface area (Å²) < 4.78 is 74.9. The van der Waals surface area contributed by atoms with Crippen LogP contribution in [0, 0.1) is 22.1 Å². The largest absolute Gasteiger partial charge is 0.507 e. The van der Waals surface area contributed by atoms with Crippen LogP contribution in [-0.4, -0.2) is 130 Å². The van der Waals surface area contributed by atoms with Gasteiger partial charge in [-0.25, -0.2) is 14.0 Å². The molecule has 424 valence electrons. The molecule has 0 spiro atoms. The van der Waals surface area contributed by atoms with Crippen LogP contribution in [0.5, 0.6) is 11.5 Å². The number of rotatable bonds is 16. The van der Waals surface area contributed by atoms with Crippen LogP contribution in [-0.2, 0) is 53.8 Å². The summed E-state index contributed by atoms with van der Waals surface area (Å²) in [6, 6.07) is 21.5. The van der Waals surface area contributed by atoms with E-state index < -0.39 is 114 Å². The van der Waals surface area contributed by atoms with Crippen LogP contribution in [0.1, 0.15) is 50.4 Å². The molecule has 0 amide bonds. The smallest absolute Gasteiger partial charge is 0.339 e. The number of fused-ring (bicyclic) bond motifs is 1. The van der Waals surface area contributed by atoms with E-state index in [0.29, 0.717) is 21.8 Å². The molecule has 1 fully saturated rings. The number of carbonyl (C=O) groups is 8. The Balaban J connectivity index is 0.000000358. The maximum Gasteiger partial charge on any atom is 0.339 e. The topological polar surface area (TPSA) is 472 Å². The molecule has 26 nitrogen and oxygen atoms in total. The Morgan fingerprint density at radius 3 is 1.52 bits per heavy atom. The van der Waals surface area contributed by atoms with Gasteiger partial charge in [0.2, 0.25) is 0 Å². The summed E-state index contributed by atoms with van der Waals surface area (Å²) in [4.78, 5) is 85.2. The van der Waals surface area contributed by atoms with Crippen LogP contribution < -0.4 is 0 Å². The Morgan fingerprint density at radius 1 is 0.646 bits per heavy atom. The lowest BCUT2D eigenvalue weighted by molar-refractivity contribution is -0.234. The molecule has 6 rings (SSSR count). The molecule has 1 aliphatic carbocycles. The molecule has 0 heterocycles. The summed E-state index contributed by atoms with van der Waals surface area (Å²) in [6.45, 7) is 6.97. The first-order chi connectivity index (χ1) is 36.3. The fourth-order valence-corrected chi connectivity index (χ4v) is 9.06. The number of hydrogen-bond acceptors (Lipinski definition) is 17. The maximum atomic E-state index is 12.3. The highest BCUT2D eigenvalue weighted by molar-refractivity contribution is 8.00. The highest BCUT2D eigenvalue weighted by Gasteiger charge is 2.83. The van der Waals surface area contributed by atoms with Crippen molar-refractivity contribution in [3.05, 3.63) is 126 Å². The molecule has 5 aromatic rings. The van der Waals surface area contributed by atoms with Gasteiger partial charge in [0.25, 0.3) is 20.2 Å². The van der Waals surface area contributed by atoms with Crippen LogP contribution >= 0.6 is 23.4 Å². The van der Waals surface area contributed by atoms with Crippen LogP contribution in [0.25, 0.3) is 10.8 Å². The molecular weight excluding hydrogens is 1140 g/mol. The Kier molecular flexibility index (Phi) is 22.9. The van der Waals surface area contributed by atoms with Crippen molar-refractivity contribution in [1.29, 1.82) is 0 Å². The summed E-state index contributed by atoms with van der Waals surface area (Å²) in [5.41, 5.74) is -6.91. The minimum absolute atomic E-state index is 0.0775. The number of phenolic OH excluding ortho intramolecular Hbond substituents is 1. The number of phenols is 2. The first-order valence-electron chi connectivity index (χ1n) is 21.4. The van der Waals surface area contributed by atoms with Gasteiger partial charge in [-0.1, -0.05) is 45.0 Å². The second kappa shape index (κ2) is 27.2. The molecule has 0 bridgehead atoms. The second-order valence-electron chi connectivity index (χ2n) is 16.7. The zero-order chi connectivity index (χ0) is 60.8. The summed E-state index contributed by atoms with van der Waals surface area (Å²) >= 11 is 7.27. The highest BCUT2D eigenvalue weighted by Crippen LogP contribution is 2.68. The lowest BCUT2D eigenvalue weighted by atomic mass is 9.37. The Labute approximate surface area is 454 Å². The van der Waals surface area contributed by atoms with Crippen molar-refractivity contribution >= 4 is 114 Å². The fourth-order valence-electron chi connectivity index (χ4n) is 6.96. The average Bonchev–Trinajstić information content (AvgIpc) is 3.32. The molecule has 0 aliphatic heterocycles. The number of aromatic hydroxyl groups is 2. The third-order valence-corrected chi connectivity index (χ3v) is 14.3. The van der Waals surface area contributed by atoms with Gasteiger partial charge in [-0.05, 0) is 91.0 Å². The number of aromatic carboxylic acids is 1. The molecule has 1 unspecified atom stereocenters. The predicted molar refractivity (Wildman–Crippen MR) is 273 cm³/mol. The third-order valence-electron chi connectivity index (χ3n) is 11.2. The van der Waals surface area contributed by atoms with Crippen LogP contribution in [0.3, 0.4) is 0 Å². The van der Waals surface area contributed by atoms with E-state index in [9.17, 15) is 64.7 Å². The van der Waals surface area contributed by atoms with Gasteiger partial charge >= 0.3 is 47.8 Å². The number of carboxylic acids is 8. The molecule has 1 aliphatic rings. The second-order valence-corrected chi connectivity index (χ2v) is 21.5. The van der Waals surface area contributed by atoms with Crippen molar-refractivity contribution in [3.8, 4) is 11.5 Å². The predicted octanol–water partition coefficient (Wildman–Crippen LogP) is 7.81. The number of benzene rings is 5. The fraction of sp³-hybridized carbons (Fsp3) is 0.208.